The van der Waals surface area contributed by atoms with E-state index >= 15 is 0 Å². The van der Waals surface area contributed by atoms with Gasteiger partial charge in [0.15, 0.2) is 11.5 Å². The van der Waals surface area contributed by atoms with E-state index in [1.807, 2.05) is 25.1 Å². The van der Waals surface area contributed by atoms with Crippen molar-refractivity contribution in [2.24, 2.45) is 5.73 Å². The summed E-state index contributed by atoms with van der Waals surface area (Å²) in [7, 11) is 0. The molecule has 0 unspecified atom stereocenters. The predicted molar refractivity (Wildman–Crippen MR) is 67.9 cm³/mol. The van der Waals surface area contributed by atoms with E-state index in [4.69, 9.17) is 15.2 Å². The van der Waals surface area contributed by atoms with Crippen molar-refractivity contribution in [1.29, 1.82) is 0 Å². The lowest BCUT2D eigenvalue weighted by molar-refractivity contribution is 0.139. The Bertz CT molecular complexity index is 373. The maximum absolute atomic E-state index is 9.69. The number of aliphatic hydroxyl groups excluding tert-OH is 1. The number of aliphatic hydroxyl groups is 1. The third-order valence-electron chi connectivity index (χ3n) is 2.78. The normalized spacial score (nSPS) is 16.9. The molecule has 3 N–H and O–H groups in total. The van der Waals surface area contributed by atoms with Crippen molar-refractivity contribution < 1.29 is 14.6 Å². The van der Waals surface area contributed by atoms with Crippen molar-refractivity contribution in [2.45, 2.75) is 25.5 Å². The molecule has 0 bridgehead atoms. The highest BCUT2D eigenvalue weighted by atomic mass is 35.5. The minimum absolute atomic E-state index is 0. The van der Waals surface area contributed by atoms with E-state index in [-0.39, 0.29) is 18.4 Å². The Balaban J connectivity index is 0.00000144. The Kier molecular flexibility index (Phi) is 5.05. The summed E-state index contributed by atoms with van der Waals surface area (Å²) in [6.45, 7) is 3.04. The van der Waals surface area contributed by atoms with Crippen LogP contribution < -0.4 is 15.2 Å². The molecule has 4 nitrogen and oxygen atoms in total. The lowest BCUT2D eigenvalue weighted by atomic mass is 10.0. The molecule has 0 amide bonds. The van der Waals surface area contributed by atoms with Gasteiger partial charge in [-0.05, 0) is 24.1 Å². The van der Waals surface area contributed by atoms with Crippen LogP contribution in [0.1, 0.15) is 24.9 Å². The molecule has 2 rings (SSSR count). The molecule has 0 radical (unpaired) electrons. The molecule has 1 aliphatic heterocycles. The number of ether oxygens (including phenoxy) is 2. The van der Waals surface area contributed by atoms with Gasteiger partial charge in [0.25, 0.3) is 0 Å². The van der Waals surface area contributed by atoms with Crippen molar-refractivity contribution in [3.63, 3.8) is 0 Å². The van der Waals surface area contributed by atoms with Crippen LogP contribution in [-0.4, -0.2) is 24.4 Å². The maximum atomic E-state index is 9.69. The van der Waals surface area contributed by atoms with E-state index < -0.39 is 6.10 Å². The molecular weight excluding hydrogens is 242 g/mol. The van der Waals surface area contributed by atoms with Gasteiger partial charge in [-0.25, -0.2) is 0 Å². The Morgan fingerprint density at radius 3 is 2.59 bits per heavy atom. The van der Waals surface area contributed by atoms with Crippen LogP contribution in [0.2, 0.25) is 0 Å². The molecule has 1 aromatic carbocycles. The summed E-state index contributed by atoms with van der Waals surface area (Å²) >= 11 is 0. The fourth-order valence-corrected chi connectivity index (χ4v) is 1.74. The summed E-state index contributed by atoms with van der Waals surface area (Å²) in [4.78, 5) is 0. The van der Waals surface area contributed by atoms with Crippen molar-refractivity contribution in [3.8, 4) is 11.5 Å². The molecule has 0 aliphatic carbocycles. The zero-order valence-corrected chi connectivity index (χ0v) is 10.6. The zero-order chi connectivity index (χ0) is 11.5. The lowest BCUT2D eigenvalue weighted by Gasteiger charge is -2.22. The molecule has 96 valence electrons. The average molecular weight is 260 g/mol. The van der Waals surface area contributed by atoms with Crippen LogP contribution in [0.4, 0.5) is 0 Å². The summed E-state index contributed by atoms with van der Waals surface area (Å²) in [6, 6.07) is 5.18. The SMILES string of the molecule is CC[C@@H](O)[C@@H](N)c1ccc2c(c1)OCCO2.Cl. The van der Waals surface area contributed by atoms with E-state index in [0.29, 0.717) is 25.4 Å². The maximum Gasteiger partial charge on any atom is 0.161 e. The number of rotatable bonds is 3. The highest BCUT2D eigenvalue weighted by Crippen LogP contribution is 2.32. The van der Waals surface area contributed by atoms with Crippen LogP contribution in [-0.2, 0) is 0 Å². The Hall–Kier alpha value is -0.970. The first-order valence-corrected chi connectivity index (χ1v) is 5.55. The van der Waals surface area contributed by atoms with Crippen molar-refractivity contribution in [3.05, 3.63) is 23.8 Å². The van der Waals surface area contributed by atoms with Gasteiger partial charge in [0.1, 0.15) is 13.2 Å². The quantitative estimate of drug-likeness (QED) is 0.866. The molecule has 0 saturated carbocycles. The van der Waals surface area contributed by atoms with Gasteiger partial charge in [-0.3, -0.25) is 0 Å². The predicted octanol–water partition coefficient (Wildman–Crippen LogP) is 1.65. The molecule has 0 spiro atoms. The highest BCUT2D eigenvalue weighted by molar-refractivity contribution is 5.85. The van der Waals surface area contributed by atoms with Gasteiger partial charge in [0.2, 0.25) is 0 Å². The van der Waals surface area contributed by atoms with Crippen LogP contribution in [0.5, 0.6) is 11.5 Å². The van der Waals surface area contributed by atoms with E-state index in [1.54, 1.807) is 0 Å². The molecule has 5 heteroatoms. The fourth-order valence-electron chi connectivity index (χ4n) is 1.74. The zero-order valence-electron chi connectivity index (χ0n) is 9.76. The minimum Gasteiger partial charge on any atom is -0.486 e. The highest BCUT2D eigenvalue weighted by Gasteiger charge is 2.18. The number of hydrogen-bond donors (Lipinski definition) is 2. The van der Waals surface area contributed by atoms with Gasteiger partial charge < -0.3 is 20.3 Å². The van der Waals surface area contributed by atoms with E-state index in [1.165, 1.54) is 0 Å². The summed E-state index contributed by atoms with van der Waals surface area (Å²) < 4.78 is 10.9. The van der Waals surface area contributed by atoms with Crippen molar-refractivity contribution >= 4 is 12.4 Å². The molecule has 17 heavy (non-hydrogen) atoms. The van der Waals surface area contributed by atoms with Crippen molar-refractivity contribution in [1.82, 2.24) is 0 Å². The van der Waals surface area contributed by atoms with Gasteiger partial charge in [-0.2, -0.15) is 0 Å². The molecule has 1 aromatic rings. The van der Waals surface area contributed by atoms with Crippen LogP contribution in [0.25, 0.3) is 0 Å². The van der Waals surface area contributed by atoms with Crippen molar-refractivity contribution in [2.75, 3.05) is 13.2 Å². The minimum atomic E-state index is -0.525. The van der Waals surface area contributed by atoms with Crippen LogP contribution in [0.3, 0.4) is 0 Å². The van der Waals surface area contributed by atoms with E-state index in [2.05, 4.69) is 0 Å². The second-order valence-electron chi connectivity index (χ2n) is 3.90. The van der Waals surface area contributed by atoms with Gasteiger partial charge in [0, 0.05) is 0 Å². The Morgan fingerprint density at radius 2 is 1.94 bits per heavy atom. The van der Waals surface area contributed by atoms with Gasteiger partial charge in [-0.15, -0.1) is 12.4 Å². The topological polar surface area (TPSA) is 64.7 Å². The van der Waals surface area contributed by atoms with E-state index in [9.17, 15) is 5.11 Å². The molecule has 0 saturated heterocycles. The molecule has 0 aromatic heterocycles. The Morgan fingerprint density at radius 1 is 1.29 bits per heavy atom. The molecule has 1 aliphatic rings. The number of nitrogens with two attached hydrogens (primary N) is 1. The summed E-state index contributed by atoms with van der Waals surface area (Å²) in [6.07, 6.45) is 0.109. The fraction of sp³-hybridized carbons (Fsp3) is 0.500. The number of fused-ring (bicyclic) bond motifs is 1. The Labute approximate surface area is 107 Å². The second kappa shape index (κ2) is 6.10. The molecule has 2 atom stereocenters. The smallest absolute Gasteiger partial charge is 0.161 e. The number of hydrogen-bond acceptors (Lipinski definition) is 4. The third kappa shape index (κ3) is 3.03. The van der Waals surface area contributed by atoms with Gasteiger partial charge >= 0.3 is 0 Å². The van der Waals surface area contributed by atoms with Gasteiger partial charge in [0.05, 0.1) is 12.1 Å². The first kappa shape index (κ1) is 14.1. The first-order valence-electron chi connectivity index (χ1n) is 5.55. The van der Waals surface area contributed by atoms with Crippen LogP contribution >= 0.6 is 12.4 Å². The number of benzene rings is 1. The van der Waals surface area contributed by atoms with E-state index in [0.717, 1.165) is 11.3 Å². The third-order valence-corrected chi connectivity index (χ3v) is 2.78. The largest absolute Gasteiger partial charge is 0.486 e. The number of halogens is 1. The summed E-state index contributed by atoms with van der Waals surface area (Å²) in [5.41, 5.74) is 6.81. The van der Waals surface area contributed by atoms with Gasteiger partial charge in [-0.1, -0.05) is 13.0 Å². The van der Waals surface area contributed by atoms with Crippen LogP contribution in [0, 0.1) is 0 Å². The lowest BCUT2D eigenvalue weighted by Crippen LogP contribution is -2.25. The molecular formula is C12H18ClNO3. The standard InChI is InChI=1S/C12H17NO3.ClH/c1-2-9(14)12(13)8-3-4-10-11(7-8)16-6-5-15-10;/h3-4,7,9,12,14H,2,5-6,13H2,1H3;1H/t9-,12+;/m1./s1. The monoisotopic (exact) mass is 259 g/mol. The molecule has 1 heterocycles. The summed E-state index contributed by atoms with van der Waals surface area (Å²) in [5, 5.41) is 9.69. The van der Waals surface area contributed by atoms with Crippen LogP contribution in [0.15, 0.2) is 18.2 Å². The first-order chi connectivity index (χ1) is 7.72. The molecule has 0 fully saturated rings. The average Bonchev–Trinajstić information content (AvgIpc) is 2.36. The second-order valence-corrected chi connectivity index (χ2v) is 3.90. The summed E-state index contributed by atoms with van der Waals surface area (Å²) in [5.74, 6) is 1.45.